The molecule has 14 heavy (non-hydrogen) atoms. The van der Waals surface area contributed by atoms with E-state index in [1.807, 2.05) is 0 Å². The van der Waals surface area contributed by atoms with Crippen LogP contribution in [0.15, 0.2) is 12.2 Å². The summed E-state index contributed by atoms with van der Waals surface area (Å²) in [4.78, 5) is 11.9. The van der Waals surface area contributed by atoms with E-state index in [2.05, 4.69) is 19.1 Å². The van der Waals surface area contributed by atoms with E-state index in [-0.39, 0.29) is 0 Å². The molecule has 3 aliphatic rings. The lowest BCUT2D eigenvalue weighted by Gasteiger charge is -2.40. The zero-order valence-corrected chi connectivity index (χ0v) is 8.78. The van der Waals surface area contributed by atoms with Crippen molar-refractivity contribution in [1.82, 2.24) is 0 Å². The smallest absolute Gasteiger partial charge is 0.136 e. The third kappa shape index (κ3) is 1.04. The molecule has 0 bridgehead atoms. The summed E-state index contributed by atoms with van der Waals surface area (Å²) >= 11 is 0. The van der Waals surface area contributed by atoms with Crippen molar-refractivity contribution in [3.8, 4) is 0 Å². The predicted octanol–water partition coefficient (Wildman–Crippen LogP) is 2.81. The summed E-state index contributed by atoms with van der Waals surface area (Å²) in [6, 6.07) is 0. The molecule has 2 saturated carbocycles. The van der Waals surface area contributed by atoms with Crippen LogP contribution in [-0.2, 0) is 4.79 Å². The van der Waals surface area contributed by atoms with Crippen molar-refractivity contribution in [2.24, 2.45) is 29.6 Å². The van der Waals surface area contributed by atoms with Crippen molar-refractivity contribution in [3.05, 3.63) is 12.2 Å². The average Bonchev–Trinajstić information content (AvgIpc) is 2.58. The van der Waals surface area contributed by atoms with Gasteiger partial charge >= 0.3 is 0 Å². The van der Waals surface area contributed by atoms with Crippen LogP contribution in [0.5, 0.6) is 0 Å². The molecule has 0 N–H and O–H groups in total. The van der Waals surface area contributed by atoms with E-state index >= 15 is 0 Å². The molecule has 0 unspecified atom stereocenters. The Kier molecular flexibility index (Phi) is 1.83. The van der Waals surface area contributed by atoms with Gasteiger partial charge in [0.2, 0.25) is 0 Å². The van der Waals surface area contributed by atoms with Crippen molar-refractivity contribution in [1.29, 1.82) is 0 Å². The normalized spacial score (nSPS) is 50.6. The van der Waals surface area contributed by atoms with Gasteiger partial charge in [0.1, 0.15) is 5.78 Å². The molecule has 1 heteroatoms. The summed E-state index contributed by atoms with van der Waals surface area (Å²) in [6.45, 7) is 2.22. The van der Waals surface area contributed by atoms with Crippen LogP contribution >= 0.6 is 0 Å². The molecule has 0 aromatic carbocycles. The number of rotatable bonds is 0. The van der Waals surface area contributed by atoms with E-state index < -0.39 is 0 Å². The Balaban J connectivity index is 1.99. The number of carbonyl (C=O) groups is 1. The zero-order chi connectivity index (χ0) is 9.71. The van der Waals surface area contributed by atoms with E-state index in [4.69, 9.17) is 0 Å². The van der Waals surface area contributed by atoms with Gasteiger partial charge in [0, 0.05) is 12.3 Å². The van der Waals surface area contributed by atoms with Gasteiger partial charge in [0.05, 0.1) is 0 Å². The number of hydrogen-bond acceptors (Lipinski definition) is 1. The second-order valence-corrected chi connectivity index (χ2v) is 5.35. The van der Waals surface area contributed by atoms with Crippen LogP contribution in [0, 0.1) is 29.6 Å². The molecule has 0 heterocycles. The van der Waals surface area contributed by atoms with Gasteiger partial charge in [-0.25, -0.2) is 0 Å². The monoisotopic (exact) mass is 190 g/mol. The summed E-state index contributed by atoms with van der Waals surface area (Å²) in [5.74, 6) is 3.77. The molecule has 1 nitrogen and oxygen atoms in total. The third-order valence-corrected chi connectivity index (χ3v) is 4.69. The van der Waals surface area contributed by atoms with Crippen LogP contribution in [0.3, 0.4) is 0 Å². The lowest BCUT2D eigenvalue weighted by molar-refractivity contribution is -0.130. The van der Waals surface area contributed by atoms with Gasteiger partial charge in [-0.1, -0.05) is 19.1 Å². The van der Waals surface area contributed by atoms with Crippen LogP contribution in [0.4, 0.5) is 0 Å². The van der Waals surface area contributed by atoms with Crippen LogP contribution in [0.25, 0.3) is 0 Å². The highest BCUT2D eigenvalue weighted by molar-refractivity contribution is 5.83. The van der Waals surface area contributed by atoms with Crippen LogP contribution in [0.2, 0.25) is 0 Å². The molecule has 5 atom stereocenters. The molecular weight excluding hydrogens is 172 g/mol. The van der Waals surface area contributed by atoms with Gasteiger partial charge in [0.15, 0.2) is 0 Å². The van der Waals surface area contributed by atoms with Gasteiger partial charge in [-0.2, -0.15) is 0 Å². The Morgan fingerprint density at radius 2 is 2.07 bits per heavy atom. The molecule has 0 amide bonds. The Labute approximate surface area is 85.6 Å². The Hall–Kier alpha value is -0.590. The second-order valence-electron chi connectivity index (χ2n) is 5.35. The third-order valence-electron chi connectivity index (χ3n) is 4.69. The van der Waals surface area contributed by atoms with Crippen LogP contribution < -0.4 is 0 Å². The van der Waals surface area contributed by atoms with Gasteiger partial charge in [0.25, 0.3) is 0 Å². The highest BCUT2D eigenvalue weighted by Crippen LogP contribution is 2.52. The fourth-order valence-electron chi connectivity index (χ4n) is 4.05. The minimum absolute atomic E-state index is 0.381. The van der Waals surface area contributed by atoms with E-state index in [0.717, 1.165) is 24.2 Å². The summed E-state index contributed by atoms with van der Waals surface area (Å²) in [5, 5.41) is 0. The predicted molar refractivity (Wildman–Crippen MR) is 55.7 cm³/mol. The molecule has 0 saturated heterocycles. The van der Waals surface area contributed by atoms with E-state index in [1.165, 1.54) is 19.3 Å². The molecule has 0 spiro atoms. The van der Waals surface area contributed by atoms with Gasteiger partial charge in [-0.3, -0.25) is 4.79 Å². The first-order chi connectivity index (χ1) is 6.77. The first-order valence-electron chi connectivity index (χ1n) is 5.98. The SMILES string of the molecule is C[C@@H]1C=C[C@@H]2CC[C@H]3CCC(=O)[C@@H]1[C@H]32. The maximum Gasteiger partial charge on any atom is 0.136 e. The summed E-state index contributed by atoms with van der Waals surface area (Å²) in [6.07, 6.45) is 9.42. The van der Waals surface area contributed by atoms with E-state index in [0.29, 0.717) is 17.6 Å². The lowest BCUT2D eigenvalue weighted by atomic mass is 9.63. The summed E-state index contributed by atoms with van der Waals surface area (Å²) in [7, 11) is 0. The van der Waals surface area contributed by atoms with Crippen molar-refractivity contribution in [2.75, 3.05) is 0 Å². The highest BCUT2D eigenvalue weighted by Gasteiger charge is 2.48. The molecule has 0 aliphatic heterocycles. The fraction of sp³-hybridized carbons (Fsp3) is 0.769. The minimum Gasteiger partial charge on any atom is -0.299 e. The Morgan fingerprint density at radius 1 is 1.21 bits per heavy atom. The zero-order valence-electron chi connectivity index (χ0n) is 8.78. The Morgan fingerprint density at radius 3 is 2.93 bits per heavy atom. The van der Waals surface area contributed by atoms with E-state index in [1.54, 1.807) is 0 Å². The molecule has 0 radical (unpaired) electrons. The quantitative estimate of drug-likeness (QED) is 0.537. The number of carbonyl (C=O) groups excluding carboxylic acids is 1. The van der Waals surface area contributed by atoms with Gasteiger partial charge < -0.3 is 0 Å². The molecule has 76 valence electrons. The molecule has 2 fully saturated rings. The number of ketones is 1. The van der Waals surface area contributed by atoms with Gasteiger partial charge in [-0.05, 0) is 42.9 Å². The average molecular weight is 190 g/mol. The fourth-order valence-corrected chi connectivity index (χ4v) is 4.05. The second kappa shape index (κ2) is 2.95. The molecular formula is C13H18O. The summed E-state index contributed by atoms with van der Waals surface area (Å²) < 4.78 is 0. The lowest BCUT2D eigenvalue weighted by Crippen LogP contribution is -2.40. The standard InChI is InChI=1S/C13H18O/c1-8-2-3-9-4-5-10-6-7-11(14)12(8)13(9)10/h2-3,8-10,12-13H,4-7H2,1H3/t8-,9-,10+,12-,13+/m1/s1. The van der Waals surface area contributed by atoms with Crippen LogP contribution in [-0.4, -0.2) is 5.78 Å². The minimum atomic E-state index is 0.381. The van der Waals surface area contributed by atoms with Crippen molar-refractivity contribution in [2.45, 2.75) is 32.6 Å². The first-order valence-corrected chi connectivity index (χ1v) is 5.98. The molecule has 0 aromatic rings. The number of hydrogen-bond donors (Lipinski definition) is 0. The number of allylic oxidation sites excluding steroid dienone is 2. The maximum atomic E-state index is 11.9. The maximum absolute atomic E-state index is 11.9. The molecule has 3 aliphatic carbocycles. The van der Waals surface area contributed by atoms with Gasteiger partial charge in [-0.15, -0.1) is 0 Å². The molecule has 3 rings (SSSR count). The largest absolute Gasteiger partial charge is 0.299 e. The number of Topliss-reactive ketones (excluding diaryl/α,β-unsaturated/α-hetero) is 1. The van der Waals surface area contributed by atoms with Crippen LogP contribution in [0.1, 0.15) is 32.6 Å². The van der Waals surface area contributed by atoms with Crippen molar-refractivity contribution in [3.63, 3.8) is 0 Å². The first kappa shape index (κ1) is 8.70. The van der Waals surface area contributed by atoms with E-state index in [9.17, 15) is 4.79 Å². The Bertz CT molecular complexity index is 292. The summed E-state index contributed by atoms with van der Waals surface area (Å²) in [5.41, 5.74) is 0. The van der Waals surface area contributed by atoms with Crippen molar-refractivity contribution < 1.29 is 4.79 Å². The molecule has 0 aromatic heterocycles. The van der Waals surface area contributed by atoms with Crippen molar-refractivity contribution >= 4 is 5.78 Å². The topological polar surface area (TPSA) is 17.1 Å². The highest BCUT2D eigenvalue weighted by atomic mass is 16.1.